The van der Waals surface area contributed by atoms with E-state index in [0.717, 1.165) is 30.5 Å². The Morgan fingerprint density at radius 2 is 1.89 bits per heavy atom. The standard InChI is InChI=1S/C16H24N2O/c1-4-5-7-12-15(19)17-18-16(13(2)3)14-10-8-6-9-11-14/h6,8-11,13H,4-5,7,12H2,1-3H3,(H,17,19). The van der Waals surface area contributed by atoms with Crippen LogP contribution >= 0.6 is 0 Å². The summed E-state index contributed by atoms with van der Waals surface area (Å²) in [6.45, 7) is 6.28. The number of hydrazone groups is 1. The van der Waals surface area contributed by atoms with Crippen LogP contribution in [0.3, 0.4) is 0 Å². The summed E-state index contributed by atoms with van der Waals surface area (Å²) < 4.78 is 0. The minimum atomic E-state index is 0.00234. The second-order valence-electron chi connectivity index (χ2n) is 5.01. The molecule has 0 radical (unpaired) electrons. The van der Waals surface area contributed by atoms with E-state index >= 15 is 0 Å². The van der Waals surface area contributed by atoms with Gasteiger partial charge in [0.15, 0.2) is 0 Å². The molecule has 0 saturated heterocycles. The van der Waals surface area contributed by atoms with Gasteiger partial charge in [0.1, 0.15) is 0 Å². The zero-order valence-corrected chi connectivity index (χ0v) is 12.1. The number of carbonyl (C=O) groups excluding carboxylic acids is 1. The summed E-state index contributed by atoms with van der Waals surface area (Å²) in [6, 6.07) is 9.97. The Morgan fingerprint density at radius 3 is 2.47 bits per heavy atom. The number of hydrogen-bond donors (Lipinski definition) is 1. The molecule has 0 fully saturated rings. The number of rotatable bonds is 7. The van der Waals surface area contributed by atoms with Gasteiger partial charge in [-0.05, 0) is 17.9 Å². The Labute approximate surface area is 116 Å². The van der Waals surface area contributed by atoms with E-state index in [-0.39, 0.29) is 11.8 Å². The van der Waals surface area contributed by atoms with Crippen molar-refractivity contribution in [3.8, 4) is 0 Å². The molecule has 0 spiro atoms. The Bertz CT molecular complexity index is 410. The predicted octanol–water partition coefficient (Wildman–Crippen LogP) is 3.74. The fraction of sp³-hybridized carbons (Fsp3) is 0.500. The third-order valence-corrected chi connectivity index (χ3v) is 2.92. The van der Waals surface area contributed by atoms with Crippen LogP contribution in [-0.4, -0.2) is 11.6 Å². The van der Waals surface area contributed by atoms with E-state index in [1.807, 2.05) is 30.3 Å². The van der Waals surface area contributed by atoms with Gasteiger partial charge < -0.3 is 0 Å². The quantitative estimate of drug-likeness (QED) is 0.453. The van der Waals surface area contributed by atoms with Gasteiger partial charge in [0.2, 0.25) is 5.91 Å². The van der Waals surface area contributed by atoms with E-state index in [1.165, 1.54) is 0 Å². The molecule has 1 aromatic rings. The Kier molecular flexibility index (Phi) is 6.86. The van der Waals surface area contributed by atoms with Gasteiger partial charge in [-0.1, -0.05) is 63.9 Å². The van der Waals surface area contributed by atoms with Crippen molar-refractivity contribution in [3.63, 3.8) is 0 Å². The van der Waals surface area contributed by atoms with Gasteiger partial charge in [0.25, 0.3) is 0 Å². The number of benzene rings is 1. The second-order valence-corrected chi connectivity index (χ2v) is 5.01. The zero-order valence-electron chi connectivity index (χ0n) is 12.1. The maximum absolute atomic E-state index is 11.7. The Hall–Kier alpha value is -1.64. The lowest BCUT2D eigenvalue weighted by molar-refractivity contribution is -0.121. The van der Waals surface area contributed by atoms with E-state index in [4.69, 9.17) is 0 Å². The van der Waals surface area contributed by atoms with Crippen LogP contribution in [0.4, 0.5) is 0 Å². The lowest BCUT2D eigenvalue weighted by Crippen LogP contribution is -2.21. The van der Waals surface area contributed by atoms with Gasteiger partial charge in [-0.15, -0.1) is 0 Å². The van der Waals surface area contributed by atoms with Crippen LogP contribution < -0.4 is 5.43 Å². The predicted molar refractivity (Wildman–Crippen MR) is 80.1 cm³/mol. The molecule has 0 aliphatic heterocycles. The summed E-state index contributed by atoms with van der Waals surface area (Å²) >= 11 is 0. The molecule has 0 aliphatic rings. The van der Waals surface area contributed by atoms with E-state index in [1.54, 1.807) is 0 Å². The third-order valence-electron chi connectivity index (χ3n) is 2.92. The fourth-order valence-corrected chi connectivity index (χ4v) is 1.85. The molecule has 1 rings (SSSR count). The van der Waals surface area contributed by atoms with Gasteiger partial charge in [0, 0.05) is 6.42 Å². The van der Waals surface area contributed by atoms with Gasteiger partial charge in [0.05, 0.1) is 5.71 Å². The average molecular weight is 260 g/mol. The van der Waals surface area contributed by atoms with Crippen LogP contribution in [0, 0.1) is 5.92 Å². The molecule has 0 aromatic heterocycles. The smallest absolute Gasteiger partial charge is 0.240 e. The van der Waals surface area contributed by atoms with Crippen molar-refractivity contribution < 1.29 is 4.79 Å². The highest BCUT2D eigenvalue weighted by molar-refractivity contribution is 6.02. The second kappa shape index (κ2) is 8.46. The molecular weight excluding hydrogens is 236 g/mol. The largest absolute Gasteiger partial charge is 0.273 e. The molecular formula is C16H24N2O. The van der Waals surface area contributed by atoms with Crippen LogP contribution in [0.5, 0.6) is 0 Å². The molecule has 104 valence electrons. The zero-order chi connectivity index (χ0) is 14.1. The lowest BCUT2D eigenvalue weighted by Gasteiger charge is -2.10. The number of amides is 1. The van der Waals surface area contributed by atoms with E-state index in [9.17, 15) is 4.79 Å². The number of hydrogen-bond acceptors (Lipinski definition) is 2. The van der Waals surface area contributed by atoms with E-state index in [0.29, 0.717) is 6.42 Å². The molecule has 0 heterocycles. The molecule has 0 bridgehead atoms. The highest BCUT2D eigenvalue weighted by Crippen LogP contribution is 2.09. The van der Waals surface area contributed by atoms with Gasteiger partial charge in [-0.2, -0.15) is 5.10 Å². The summed E-state index contributed by atoms with van der Waals surface area (Å²) in [7, 11) is 0. The molecule has 1 N–H and O–H groups in total. The molecule has 0 unspecified atom stereocenters. The minimum Gasteiger partial charge on any atom is -0.273 e. The van der Waals surface area contributed by atoms with Crippen molar-refractivity contribution in [1.29, 1.82) is 0 Å². The Morgan fingerprint density at radius 1 is 1.21 bits per heavy atom. The number of unbranched alkanes of at least 4 members (excludes halogenated alkanes) is 2. The Balaban J connectivity index is 2.62. The van der Waals surface area contributed by atoms with Gasteiger partial charge >= 0.3 is 0 Å². The number of carbonyl (C=O) groups is 1. The van der Waals surface area contributed by atoms with Crippen molar-refractivity contribution in [2.75, 3.05) is 0 Å². The van der Waals surface area contributed by atoms with Crippen molar-refractivity contribution in [3.05, 3.63) is 35.9 Å². The highest BCUT2D eigenvalue weighted by atomic mass is 16.2. The van der Waals surface area contributed by atoms with Crippen molar-refractivity contribution >= 4 is 11.6 Å². The molecule has 1 aromatic carbocycles. The molecule has 3 heteroatoms. The lowest BCUT2D eigenvalue weighted by atomic mass is 10.0. The van der Waals surface area contributed by atoms with Gasteiger partial charge in [-0.3, -0.25) is 4.79 Å². The number of nitrogens with zero attached hydrogens (tertiary/aromatic N) is 1. The normalized spacial score (nSPS) is 11.7. The van der Waals surface area contributed by atoms with Crippen LogP contribution in [-0.2, 0) is 4.79 Å². The maximum Gasteiger partial charge on any atom is 0.240 e. The highest BCUT2D eigenvalue weighted by Gasteiger charge is 2.09. The van der Waals surface area contributed by atoms with Crippen LogP contribution in [0.15, 0.2) is 35.4 Å². The van der Waals surface area contributed by atoms with Crippen LogP contribution in [0.25, 0.3) is 0 Å². The van der Waals surface area contributed by atoms with Crippen molar-refractivity contribution in [1.82, 2.24) is 5.43 Å². The van der Waals surface area contributed by atoms with E-state index in [2.05, 4.69) is 31.3 Å². The summed E-state index contributed by atoms with van der Waals surface area (Å²) in [6.07, 6.45) is 3.70. The monoisotopic (exact) mass is 260 g/mol. The first-order valence-electron chi connectivity index (χ1n) is 7.07. The fourth-order valence-electron chi connectivity index (χ4n) is 1.85. The molecule has 0 saturated carbocycles. The summed E-state index contributed by atoms with van der Waals surface area (Å²) in [5.41, 5.74) is 4.65. The molecule has 3 nitrogen and oxygen atoms in total. The summed E-state index contributed by atoms with van der Waals surface area (Å²) in [5, 5.41) is 4.29. The molecule has 0 atom stereocenters. The maximum atomic E-state index is 11.7. The first-order chi connectivity index (χ1) is 9.15. The summed E-state index contributed by atoms with van der Waals surface area (Å²) in [5.74, 6) is 0.279. The topological polar surface area (TPSA) is 41.5 Å². The van der Waals surface area contributed by atoms with Gasteiger partial charge in [-0.25, -0.2) is 5.43 Å². The van der Waals surface area contributed by atoms with Crippen molar-refractivity contribution in [2.24, 2.45) is 11.0 Å². The molecule has 0 aliphatic carbocycles. The molecule has 19 heavy (non-hydrogen) atoms. The number of nitrogens with one attached hydrogen (secondary N) is 1. The molecule has 1 amide bonds. The van der Waals surface area contributed by atoms with E-state index < -0.39 is 0 Å². The SMILES string of the molecule is CCCCCC(=O)NN=C(c1ccccc1)C(C)C. The first-order valence-corrected chi connectivity index (χ1v) is 7.07. The third kappa shape index (κ3) is 5.69. The first kappa shape index (κ1) is 15.4. The average Bonchev–Trinajstić information content (AvgIpc) is 2.40. The van der Waals surface area contributed by atoms with Crippen LogP contribution in [0.2, 0.25) is 0 Å². The summed E-state index contributed by atoms with van der Waals surface area (Å²) in [4.78, 5) is 11.7. The minimum absolute atomic E-state index is 0.00234. The van der Waals surface area contributed by atoms with Crippen LogP contribution in [0.1, 0.15) is 52.0 Å². The van der Waals surface area contributed by atoms with Crippen molar-refractivity contribution in [2.45, 2.75) is 46.5 Å².